The minimum absolute atomic E-state index is 0.0690. The van der Waals surface area contributed by atoms with Crippen LogP contribution in [0.15, 0.2) is 78.4 Å². The van der Waals surface area contributed by atoms with Crippen LogP contribution in [0.25, 0.3) is 17.2 Å². The van der Waals surface area contributed by atoms with Gasteiger partial charge in [0.25, 0.3) is 11.8 Å². The third-order valence-corrected chi connectivity index (χ3v) is 5.51. The number of amides is 2. The van der Waals surface area contributed by atoms with Gasteiger partial charge in [0.1, 0.15) is 5.57 Å². The Hall–Kier alpha value is -3.49. The quantitative estimate of drug-likeness (QED) is 0.287. The molecule has 1 aliphatic heterocycles. The summed E-state index contributed by atoms with van der Waals surface area (Å²) in [5.41, 5.74) is 1.04. The van der Waals surface area contributed by atoms with E-state index >= 15 is 0 Å². The first-order valence-electron chi connectivity index (χ1n) is 9.59. The predicted octanol–water partition coefficient (Wildman–Crippen LogP) is 5.86. The van der Waals surface area contributed by atoms with Gasteiger partial charge in [0.2, 0.25) is 0 Å². The Bertz CT molecular complexity index is 1290. The van der Waals surface area contributed by atoms with Gasteiger partial charge in [0.15, 0.2) is 5.11 Å². The molecule has 9 heteroatoms. The molecule has 33 heavy (non-hydrogen) atoms. The van der Waals surface area contributed by atoms with Gasteiger partial charge in [-0.05, 0) is 71.4 Å². The number of alkyl halides is 3. The molecular weight excluding hydrogens is 473 g/mol. The second-order valence-electron chi connectivity index (χ2n) is 7.10. The monoisotopic (exact) mass is 486 g/mol. The molecule has 0 aliphatic carbocycles. The summed E-state index contributed by atoms with van der Waals surface area (Å²) in [6.07, 6.45) is -3.05. The molecule has 0 saturated carbocycles. The second kappa shape index (κ2) is 8.80. The van der Waals surface area contributed by atoms with E-state index in [1.165, 1.54) is 23.1 Å². The van der Waals surface area contributed by atoms with Crippen LogP contribution in [0.1, 0.15) is 11.1 Å². The fourth-order valence-electron chi connectivity index (χ4n) is 3.36. The van der Waals surface area contributed by atoms with Crippen molar-refractivity contribution in [3.8, 4) is 11.1 Å². The van der Waals surface area contributed by atoms with Crippen molar-refractivity contribution in [2.24, 2.45) is 0 Å². The largest absolute Gasteiger partial charge is 0.416 e. The number of nitrogens with zero attached hydrogens (tertiary/aromatic N) is 1. The van der Waals surface area contributed by atoms with Gasteiger partial charge in [-0.25, -0.2) is 0 Å². The first kappa shape index (κ1) is 22.7. The molecule has 0 radical (unpaired) electrons. The smallest absolute Gasteiger partial charge is 0.298 e. The van der Waals surface area contributed by atoms with Crippen molar-refractivity contribution in [1.29, 1.82) is 0 Å². The molecule has 0 bridgehead atoms. The average molecular weight is 487 g/mol. The lowest BCUT2D eigenvalue weighted by atomic mass is 9.96. The van der Waals surface area contributed by atoms with Crippen LogP contribution in [0.5, 0.6) is 0 Å². The molecule has 0 atom stereocenters. The minimum atomic E-state index is -4.45. The maximum atomic E-state index is 13.2. The lowest BCUT2D eigenvalue weighted by Crippen LogP contribution is -2.54. The van der Waals surface area contributed by atoms with Crippen molar-refractivity contribution in [2.45, 2.75) is 6.18 Å². The molecule has 0 unspecified atom stereocenters. The van der Waals surface area contributed by atoms with Gasteiger partial charge in [-0.3, -0.25) is 19.8 Å². The van der Waals surface area contributed by atoms with Crippen LogP contribution in [0.3, 0.4) is 0 Å². The number of hydrogen-bond donors (Lipinski definition) is 1. The van der Waals surface area contributed by atoms with Crippen molar-refractivity contribution in [1.82, 2.24) is 5.32 Å². The number of anilines is 1. The number of rotatable bonds is 3. The zero-order valence-electron chi connectivity index (χ0n) is 16.7. The normalized spacial score (nSPS) is 15.7. The molecule has 2 amide bonds. The molecule has 4 rings (SSSR count). The molecule has 166 valence electrons. The maximum absolute atomic E-state index is 13.2. The van der Waals surface area contributed by atoms with E-state index in [9.17, 15) is 22.8 Å². The van der Waals surface area contributed by atoms with E-state index in [4.69, 9.17) is 23.8 Å². The first-order valence-corrected chi connectivity index (χ1v) is 10.4. The molecule has 1 aliphatic rings. The van der Waals surface area contributed by atoms with Gasteiger partial charge in [0.05, 0.1) is 11.3 Å². The molecular formula is C24H14ClF3N2O2S. The lowest BCUT2D eigenvalue weighted by molar-refractivity contribution is -0.137. The van der Waals surface area contributed by atoms with E-state index in [0.717, 1.165) is 12.1 Å². The zero-order chi connectivity index (χ0) is 23.8. The Morgan fingerprint density at radius 2 is 1.55 bits per heavy atom. The number of hydrogen-bond acceptors (Lipinski definition) is 3. The number of thiocarbonyl (C=S) groups is 1. The number of nitrogens with one attached hydrogen (secondary N) is 1. The third kappa shape index (κ3) is 4.67. The minimum Gasteiger partial charge on any atom is -0.298 e. The summed E-state index contributed by atoms with van der Waals surface area (Å²) < 4.78 is 38.7. The first-order chi connectivity index (χ1) is 15.6. The maximum Gasteiger partial charge on any atom is 0.416 e. The van der Waals surface area contributed by atoms with Gasteiger partial charge in [0, 0.05) is 5.02 Å². The number of carbonyl (C=O) groups excluding carboxylic acids is 2. The number of carbonyl (C=O) groups is 2. The summed E-state index contributed by atoms with van der Waals surface area (Å²) >= 11 is 11.1. The van der Waals surface area contributed by atoms with Crippen molar-refractivity contribution in [2.75, 3.05) is 4.90 Å². The van der Waals surface area contributed by atoms with E-state index in [0.29, 0.717) is 27.4 Å². The molecule has 0 aromatic heterocycles. The second-order valence-corrected chi connectivity index (χ2v) is 7.92. The van der Waals surface area contributed by atoms with Gasteiger partial charge in [-0.1, -0.05) is 48.0 Å². The molecule has 3 aromatic rings. The molecule has 4 nitrogen and oxygen atoms in total. The molecule has 3 aromatic carbocycles. The molecule has 1 N–H and O–H groups in total. The van der Waals surface area contributed by atoms with Crippen LogP contribution in [0.2, 0.25) is 5.02 Å². The Kier molecular flexibility index (Phi) is 6.05. The molecule has 0 spiro atoms. The Morgan fingerprint density at radius 3 is 2.18 bits per heavy atom. The summed E-state index contributed by atoms with van der Waals surface area (Å²) in [7, 11) is 0. The van der Waals surface area contributed by atoms with E-state index in [1.807, 2.05) is 0 Å². The van der Waals surface area contributed by atoms with Crippen LogP contribution < -0.4 is 10.2 Å². The van der Waals surface area contributed by atoms with E-state index in [2.05, 4.69) is 5.32 Å². The molecule has 1 fully saturated rings. The van der Waals surface area contributed by atoms with Crippen molar-refractivity contribution >= 4 is 52.5 Å². The van der Waals surface area contributed by atoms with E-state index < -0.39 is 23.6 Å². The fourth-order valence-corrected chi connectivity index (χ4v) is 3.77. The van der Waals surface area contributed by atoms with Crippen LogP contribution >= 0.6 is 23.8 Å². The summed E-state index contributed by atoms with van der Waals surface area (Å²) in [5, 5.41) is 2.90. The molecule has 1 heterocycles. The average Bonchev–Trinajstić information content (AvgIpc) is 2.77. The summed E-state index contributed by atoms with van der Waals surface area (Å²) in [6, 6.07) is 17.8. The topological polar surface area (TPSA) is 49.4 Å². The summed E-state index contributed by atoms with van der Waals surface area (Å²) in [6.45, 7) is 0. The van der Waals surface area contributed by atoms with Gasteiger partial charge in [-0.15, -0.1) is 0 Å². The zero-order valence-corrected chi connectivity index (χ0v) is 18.3. The van der Waals surface area contributed by atoms with E-state index in [-0.39, 0.29) is 10.7 Å². The number of halogens is 4. The third-order valence-electron chi connectivity index (χ3n) is 4.97. The lowest BCUT2D eigenvalue weighted by Gasteiger charge is -2.29. The summed E-state index contributed by atoms with van der Waals surface area (Å²) in [4.78, 5) is 27.0. The van der Waals surface area contributed by atoms with Crippen LogP contribution in [0, 0.1) is 0 Å². The SMILES string of the molecule is O=C1NC(=S)N(c2ccc(Cl)cc2)C(=O)/C1=C/c1ccccc1-c1ccc(C(F)(F)F)cc1. The highest BCUT2D eigenvalue weighted by molar-refractivity contribution is 7.80. The standard InChI is InChI=1S/C24H14ClF3N2O2S/c25-17-9-11-18(12-10-17)30-22(32)20(21(31)29-23(30)33)13-15-3-1-2-4-19(15)14-5-7-16(8-6-14)24(26,27)28/h1-13H,(H,29,31,33)/b20-13+. The number of benzene rings is 3. The molecule has 1 saturated heterocycles. The van der Waals surface area contributed by atoms with Crippen molar-refractivity contribution in [3.63, 3.8) is 0 Å². The van der Waals surface area contributed by atoms with Gasteiger partial charge in [-0.2, -0.15) is 13.2 Å². The van der Waals surface area contributed by atoms with Crippen molar-refractivity contribution in [3.05, 3.63) is 94.5 Å². The van der Waals surface area contributed by atoms with Crippen LogP contribution in [0.4, 0.5) is 18.9 Å². The Morgan fingerprint density at radius 1 is 0.909 bits per heavy atom. The predicted molar refractivity (Wildman–Crippen MR) is 125 cm³/mol. The Labute approximate surface area is 197 Å². The summed E-state index contributed by atoms with van der Waals surface area (Å²) in [5.74, 6) is -1.30. The van der Waals surface area contributed by atoms with Gasteiger partial charge < -0.3 is 0 Å². The van der Waals surface area contributed by atoms with Crippen LogP contribution in [-0.4, -0.2) is 16.9 Å². The fraction of sp³-hybridized carbons (Fsp3) is 0.0417. The highest BCUT2D eigenvalue weighted by Gasteiger charge is 2.34. The highest BCUT2D eigenvalue weighted by Crippen LogP contribution is 2.33. The van der Waals surface area contributed by atoms with Crippen molar-refractivity contribution < 1.29 is 22.8 Å². The van der Waals surface area contributed by atoms with E-state index in [1.54, 1.807) is 48.5 Å². The Balaban J connectivity index is 1.74. The van der Waals surface area contributed by atoms with Gasteiger partial charge >= 0.3 is 6.18 Å². The highest BCUT2D eigenvalue weighted by atomic mass is 35.5. The van der Waals surface area contributed by atoms with Crippen LogP contribution in [-0.2, 0) is 15.8 Å².